The molecular weight excluding hydrogens is 321 g/mol. The van der Waals surface area contributed by atoms with Crippen LogP contribution in [-0.2, 0) is 21.2 Å². The molecule has 0 aliphatic heterocycles. The van der Waals surface area contributed by atoms with Crippen molar-refractivity contribution in [3.63, 3.8) is 0 Å². The first-order valence-electron chi connectivity index (χ1n) is 6.83. The van der Waals surface area contributed by atoms with Gasteiger partial charge < -0.3 is 5.11 Å². The van der Waals surface area contributed by atoms with E-state index in [0.29, 0.717) is 0 Å². The van der Waals surface area contributed by atoms with Crippen LogP contribution in [0.5, 0.6) is 0 Å². The van der Waals surface area contributed by atoms with Gasteiger partial charge in [-0.1, -0.05) is 36.4 Å². The number of halogens is 1. The number of benzene rings is 2. The van der Waals surface area contributed by atoms with Gasteiger partial charge in [0.25, 0.3) is 0 Å². The number of sulfonamides is 1. The maximum absolute atomic E-state index is 13.7. The number of aliphatic carboxylic acids is 1. The zero-order chi connectivity index (χ0) is 17.0. The fourth-order valence-corrected chi connectivity index (χ4v) is 3.50. The molecular formula is C16H16FNO4S. The highest BCUT2D eigenvalue weighted by Crippen LogP contribution is 2.19. The van der Waals surface area contributed by atoms with Crippen molar-refractivity contribution < 1.29 is 22.7 Å². The Morgan fingerprint density at radius 1 is 1.13 bits per heavy atom. The van der Waals surface area contributed by atoms with Gasteiger partial charge in [-0.25, -0.2) is 12.8 Å². The minimum Gasteiger partial charge on any atom is -0.480 e. The molecule has 1 atom stereocenters. The van der Waals surface area contributed by atoms with Gasteiger partial charge >= 0.3 is 5.97 Å². The van der Waals surface area contributed by atoms with Gasteiger partial charge in [0.1, 0.15) is 11.9 Å². The molecule has 0 aliphatic rings. The number of carboxylic acid groups (broad SMARTS) is 1. The Kier molecular flexibility index (Phi) is 5.12. The van der Waals surface area contributed by atoms with Crippen LogP contribution in [0.15, 0.2) is 59.5 Å². The lowest BCUT2D eigenvalue weighted by Gasteiger charge is -2.24. The van der Waals surface area contributed by atoms with E-state index in [1.807, 2.05) is 0 Å². The van der Waals surface area contributed by atoms with Crippen LogP contribution in [-0.4, -0.2) is 36.9 Å². The molecule has 0 amide bonds. The van der Waals surface area contributed by atoms with E-state index in [1.165, 1.54) is 37.4 Å². The van der Waals surface area contributed by atoms with Crippen LogP contribution in [0.4, 0.5) is 4.39 Å². The highest BCUT2D eigenvalue weighted by atomic mass is 32.2. The summed E-state index contributed by atoms with van der Waals surface area (Å²) in [6.45, 7) is 0. The summed E-state index contributed by atoms with van der Waals surface area (Å²) in [4.78, 5) is 11.5. The molecule has 0 spiro atoms. The summed E-state index contributed by atoms with van der Waals surface area (Å²) >= 11 is 0. The van der Waals surface area contributed by atoms with E-state index in [0.717, 1.165) is 4.31 Å². The van der Waals surface area contributed by atoms with E-state index >= 15 is 0 Å². The standard InChI is InChI=1S/C16H16FNO4S/c1-18(23(21,22)13-8-3-2-4-9-13)15(16(19)20)11-12-7-5-6-10-14(12)17/h2-10,15H,11H2,1H3,(H,19,20). The lowest BCUT2D eigenvalue weighted by molar-refractivity contribution is -0.141. The third-order valence-corrected chi connectivity index (χ3v) is 5.40. The van der Waals surface area contributed by atoms with Crippen molar-refractivity contribution in [3.05, 3.63) is 66.0 Å². The van der Waals surface area contributed by atoms with E-state index in [-0.39, 0.29) is 16.9 Å². The van der Waals surface area contributed by atoms with E-state index in [9.17, 15) is 22.7 Å². The van der Waals surface area contributed by atoms with Crippen LogP contribution in [0.3, 0.4) is 0 Å². The summed E-state index contributed by atoms with van der Waals surface area (Å²) < 4.78 is 39.5. The summed E-state index contributed by atoms with van der Waals surface area (Å²) in [7, 11) is -2.80. The van der Waals surface area contributed by atoms with Gasteiger partial charge in [0, 0.05) is 13.5 Å². The van der Waals surface area contributed by atoms with E-state index in [1.54, 1.807) is 24.3 Å². The topological polar surface area (TPSA) is 74.7 Å². The first kappa shape index (κ1) is 17.1. The first-order chi connectivity index (χ1) is 10.8. The van der Waals surface area contributed by atoms with Gasteiger partial charge in [-0.15, -0.1) is 0 Å². The fourth-order valence-electron chi connectivity index (χ4n) is 2.17. The Morgan fingerprint density at radius 3 is 2.26 bits per heavy atom. The van der Waals surface area contributed by atoms with Crippen LogP contribution < -0.4 is 0 Å². The van der Waals surface area contributed by atoms with Crippen LogP contribution in [0.2, 0.25) is 0 Å². The Bertz CT molecular complexity index is 793. The predicted molar refractivity (Wildman–Crippen MR) is 82.9 cm³/mol. The summed E-state index contributed by atoms with van der Waals surface area (Å²) in [5.74, 6) is -1.90. The number of nitrogens with zero attached hydrogens (tertiary/aromatic N) is 1. The highest BCUT2D eigenvalue weighted by molar-refractivity contribution is 7.89. The van der Waals surface area contributed by atoms with Crippen molar-refractivity contribution in [2.45, 2.75) is 17.4 Å². The summed E-state index contributed by atoms with van der Waals surface area (Å²) in [5, 5.41) is 9.38. The maximum atomic E-state index is 13.7. The van der Waals surface area contributed by atoms with Gasteiger partial charge in [-0.3, -0.25) is 4.79 Å². The molecule has 0 heterocycles. The van der Waals surface area contributed by atoms with Crippen molar-refractivity contribution in [3.8, 4) is 0 Å². The van der Waals surface area contributed by atoms with Gasteiger partial charge in [-0.2, -0.15) is 4.31 Å². The molecule has 2 aromatic carbocycles. The molecule has 5 nitrogen and oxygen atoms in total. The molecule has 0 fully saturated rings. The van der Waals surface area contributed by atoms with E-state index < -0.39 is 27.9 Å². The SMILES string of the molecule is CN(C(Cc1ccccc1F)C(=O)O)S(=O)(=O)c1ccccc1. The number of hydrogen-bond donors (Lipinski definition) is 1. The minimum absolute atomic E-state index is 0.0118. The monoisotopic (exact) mass is 337 g/mol. The van der Waals surface area contributed by atoms with Gasteiger partial charge in [0.15, 0.2) is 0 Å². The summed E-state index contributed by atoms with van der Waals surface area (Å²) in [5.41, 5.74) is 0.148. The van der Waals surface area contributed by atoms with Crippen molar-refractivity contribution in [2.24, 2.45) is 0 Å². The molecule has 23 heavy (non-hydrogen) atoms. The molecule has 0 saturated carbocycles. The molecule has 0 bridgehead atoms. The lowest BCUT2D eigenvalue weighted by atomic mass is 10.1. The summed E-state index contributed by atoms with van der Waals surface area (Å²) in [6.07, 6.45) is -0.259. The molecule has 1 N–H and O–H groups in total. The van der Waals surface area contributed by atoms with E-state index in [2.05, 4.69) is 0 Å². The molecule has 1 unspecified atom stereocenters. The van der Waals surface area contributed by atoms with Crippen molar-refractivity contribution in [1.29, 1.82) is 0 Å². The van der Waals surface area contributed by atoms with Crippen molar-refractivity contribution in [2.75, 3.05) is 7.05 Å². The molecule has 0 radical (unpaired) electrons. The maximum Gasteiger partial charge on any atom is 0.322 e. The largest absolute Gasteiger partial charge is 0.480 e. The highest BCUT2D eigenvalue weighted by Gasteiger charge is 2.33. The zero-order valence-corrected chi connectivity index (χ0v) is 13.2. The second kappa shape index (κ2) is 6.89. The predicted octanol–water partition coefficient (Wildman–Crippen LogP) is 2.14. The smallest absolute Gasteiger partial charge is 0.322 e. The second-order valence-electron chi connectivity index (χ2n) is 4.98. The molecule has 0 aliphatic carbocycles. The molecule has 2 aromatic rings. The third kappa shape index (κ3) is 3.75. The lowest BCUT2D eigenvalue weighted by Crippen LogP contribution is -2.43. The Hall–Kier alpha value is -2.25. The van der Waals surface area contributed by atoms with E-state index in [4.69, 9.17) is 0 Å². The zero-order valence-electron chi connectivity index (χ0n) is 12.4. The molecule has 2 rings (SSSR count). The molecule has 122 valence electrons. The average molecular weight is 337 g/mol. The van der Waals surface area contributed by atoms with Crippen LogP contribution >= 0.6 is 0 Å². The minimum atomic E-state index is -3.99. The van der Waals surface area contributed by atoms with Crippen LogP contribution in [0, 0.1) is 5.82 Å². The number of hydrogen-bond acceptors (Lipinski definition) is 3. The Labute approximate surface area is 134 Å². The number of carboxylic acids is 1. The average Bonchev–Trinajstić information content (AvgIpc) is 2.54. The first-order valence-corrected chi connectivity index (χ1v) is 8.27. The van der Waals surface area contributed by atoms with Gasteiger partial charge in [0.05, 0.1) is 4.90 Å². The second-order valence-corrected chi connectivity index (χ2v) is 6.98. The molecule has 0 aromatic heterocycles. The number of rotatable bonds is 6. The normalized spacial score (nSPS) is 13.0. The van der Waals surface area contributed by atoms with Crippen molar-refractivity contribution in [1.82, 2.24) is 4.31 Å². The van der Waals surface area contributed by atoms with Crippen LogP contribution in [0.1, 0.15) is 5.56 Å². The Balaban J connectivity index is 2.35. The van der Waals surface area contributed by atoms with Crippen LogP contribution in [0.25, 0.3) is 0 Å². The fraction of sp³-hybridized carbons (Fsp3) is 0.188. The quantitative estimate of drug-likeness (QED) is 0.876. The number of carbonyl (C=O) groups is 1. The molecule has 7 heteroatoms. The van der Waals surface area contributed by atoms with Gasteiger partial charge in [0.2, 0.25) is 10.0 Å². The summed E-state index contributed by atoms with van der Waals surface area (Å²) in [6, 6.07) is 11.8. The Morgan fingerprint density at radius 2 is 1.70 bits per heavy atom. The van der Waals surface area contributed by atoms with Crippen molar-refractivity contribution >= 4 is 16.0 Å². The van der Waals surface area contributed by atoms with Gasteiger partial charge in [-0.05, 0) is 23.8 Å². The number of likely N-dealkylation sites (N-methyl/N-ethyl adjacent to an activating group) is 1. The third-order valence-electron chi connectivity index (χ3n) is 3.52. The molecule has 0 saturated heterocycles.